The number of thiol groups is 1. The number of hydrogen-bond acceptors (Lipinski definition) is 3. The monoisotopic (exact) mass is 331 g/mol. The Balaban J connectivity index is 2.73. The van der Waals surface area contributed by atoms with Gasteiger partial charge in [0.25, 0.3) is 0 Å². The molecule has 1 aromatic heterocycles. The topological polar surface area (TPSA) is 23.8 Å². The third-order valence-electron chi connectivity index (χ3n) is 1.97. The molecule has 1 aromatic carbocycles. The molecule has 0 saturated carbocycles. The summed E-state index contributed by atoms with van der Waals surface area (Å²) in [6, 6.07) is 6.33. The summed E-state index contributed by atoms with van der Waals surface area (Å²) in [6.07, 6.45) is 0.479. The highest BCUT2D eigenvalue weighted by atomic mass is 127. The molecule has 1 nitrogen and oxygen atoms in total. The molecule has 0 saturated heterocycles. The van der Waals surface area contributed by atoms with E-state index in [0.717, 1.165) is 14.0 Å². The Hall–Kier alpha value is -0.250. The lowest BCUT2D eigenvalue weighted by Gasteiger charge is -1.98. The molecule has 0 fully saturated rings. The highest BCUT2D eigenvalue weighted by Crippen LogP contribution is 2.33. The fourth-order valence-electron chi connectivity index (χ4n) is 1.36. The van der Waals surface area contributed by atoms with Crippen LogP contribution in [0.3, 0.4) is 0 Å². The number of nitriles is 1. The molecule has 4 heteroatoms. The van der Waals surface area contributed by atoms with Gasteiger partial charge in [0, 0.05) is 13.2 Å². The normalized spacial score (nSPS) is 10.4. The molecule has 0 N–H and O–H groups in total. The maximum Gasteiger partial charge on any atom is 0.0670 e. The molecule has 0 amide bonds. The van der Waals surface area contributed by atoms with Crippen LogP contribution in [0.5, 0.6) is 0 Å². The van der Waals surface area contributed by atoms with Gasteiger partial charge in [-0.2, -0.15) is 5.26 Å². The van der Waals surface area contributed by atoms with Crippen LogP contribution >= 0.6 is 46.6 Å². The SMILES string of the molecule is N#CCc1csc2c(S)cc(I)cc12. The van der Waals surface area contributed by atoms with Crippen molar-refractivity contribution in [2.75, 3.05) is 0 Å². The Morgan fingerprint density at radius 3 is 3.00 bits per heavy atom. The summed E-state index contributed by atoms with van der Waals surface area (Å²) in [6.45, 7) is 0. The molecule has 0 unspecified atom stereocenters. The maximum absolute atomic E-state index is 8.67. The van der Waals surface area contributed by atoms with Gasteiger partial charge in [0.2, 0.25) is 0 Å². The highest BCUT2D eigenvalue weighted by molar-refractivity contribution is 14.1. The predicted octanol–water partition coefficient (Wildman–Crippen LogP) is 3.86. The predicted molar refractivity (Wildman–Crippen MR) is 71.1 cm³/mol. The van der Waals surface area contributed by atoms with Crippen LogP contribution in [0.2, 0.25) is 0 Å². The van der Waals surface area contributed by atoms with E-state index >= 15 is 0 Å². The summed E-state index contributed by atoms with van der Waals surface area (Å²) in [5.74, 6) is 0. The van der Waals surface area contributed by atoms with Crippen LogP contribution in [0.1, 0.15) is 5.56 Å². The molecule has 2 rings (SSSR count). The largest absolute Gasteiger partial charge is 0.198 e. The van der Waals surface area contributed by atoms with Crippen molar-refractivity contribution < 1.29 is 0 Å². The lowest BCUT2D eigenvalue weighted by Crippen LogP contribution is -1.79. The Morgan fingerprint density at radius 1 is 1.50 bits per heavy atom. The van der Waals surface area contributed by atoms with Gasteiger partial charge >= 0.3 is 0 Å². The van der Waals surface area contributed by atoms with E-state index in [1.54, 1.807) is 11.3 Å². The second-order valence-corrected chi connectivity index (χ2v) is 5.50. The molecular formula is C10H6INS2. The van der Waals surface area contributed by atoms with Crippen LogP contribution in [0.25, 0.3) is 10.1 Å². The maximum atomic E-state index is 8.67. The fraction of sp³-hybridized carbons (Fsp3) is 0.100. The van der Waals surface area contributed by atoms with Crippen molar-refractivity contribution in [3.05, 3.63) is 26.6 Å². The molecule has 0 aliphatic rings. The van der Waals surface area contributed by atoms with Crippen LogP contribution < -0.4 is 0 Å². The minimum absolute atomic E-state index is 0.479. The Morgan fingerprint density at radius 2 is 2.29 bits per heavy atom. The Labute approximate surface area is 105 Å². The van der Waals surface area contributed by atoms with Crippen molar-refractivity contribution in [3.63, 3.8) is 0 Å². The van der Waals surface area contributed by atoms with Crippen molar-refractivity contribution in [2.45, 2.75) is 11.3 Å². The minimum atomic E-state index is 0.479. The van der Waals surface area contributed by atoms with Gasteiger partial charge in [0.05, 0.1) is 12.5 Å². The molecular weight excluding hydrogens is 325 g/mol. The van der Waals surface area contributed by atoms with Crippen molar-refractivity contribution in [1.29, 1.82) is 5.26 Å². The van der Waals surface area contributed by atoms with Crippen molar-refractivity contribution >= 4 is 56.6 Å². The van der Waals surface area contributed by atoms with E-state index in [4.69, 9.17) is 5.26 Å². The van der Waals surface area contributed by atoms with Gasteiger partial charge in [-0.25, -0.2) is 0 Å². The first-order valence-corrected chi connectivity index (χ1v) is 6.38. The standard InChI is InChI=1S/C10H6INS2/c11-7-3-8-6(1-2-12)5-14-10(8)9(13)4-7/h3-5,13H,1H2. The van der Waals surface area contributed by atoms with E-state index in [1.807, 2.05) is 11.4 Å². The molecule has 0 atom stereocenters. The average molecular weight is 331 g/mol. The molecule has 70 valence electrons. The molecule has 0 bridgehead atoms. The average Bonchev–Trinajstić information content (AvgIpc) is 2.49. The zero-order valence-corrected chi connectivity index (χ0v) is 11.0. The summed E-state index contributed by atoms with van der Waals surface area (Å²) in [4.78, 5) is 1.00. The van der Waals surface area contributed by atoms with Gasteiger partial charge in [-0.05, 0) is 51.1 Å². The van der Waals surface area contributed by atoms with Gasteiger partial charge in [-0.3, -0.25) is 0 Å². The van der Waals surface area contributed by atoms with Gasteiger partial charge < -0.3 is 0 Å². The lowest BCUT2D eigenvalue weighted by atomic mass is 10.1. The quantitative estimate of drug-likeness (QED) is 0.623. The second kappa shape index (κ2) is 4.09. The number of nitrogens with zero attached hydrogens (tertiary/aromatic N) is 1. The van der Waals surface area contributed by atoms with Crippen LogP contribution in [-0.4, -0.2) is 0 Å². The van der Waals surface area contributed by atoms with E-state index in [1.165, 1.54) is 10.1 Å². The summed E-state index contributed by atoms with van der Waals surface area (Å²) < 4.78 is 2.34. The van der Waals surface area contributed by atoms with Gasteiger partial charge in [0.1, 0.15) is 0 Å². The van der Waals surface area contributed by atoms with Crippen molar-refractivity contribution in [1.82, 2.24) is 0 Å². The van der Waals surface area contributed by atoms with Crippen LogP contribution in [0.4, 0.5) is 0 Å². The number of rotatable bonds is 1. The molecule has 14 heavy (non-hydrogen) atoms. The first kappa shape index (κ1) is 10.3. The Bertz CT molecular complexity index is 525. The van der Waals surface area contributed by atoms with E-state index in [-0.39, 0.29) is 0 Å². The summed E-state index contributed by atoms with van der Waals surface area (Å²) >= 11 is 8.35. The van der Waals surface area contributed by atoms with Crippen LogP contribution in [0.15, 0.2) is 22.4 Å². The van der Waals surface area contributed by atoms with E-state index in [9.17, 15) is 0 Å². The number of fused-ring (bicyclic) bond motifs is 1. The number of thiophene rings is 1. The van der Waals surface area contributed by atoms with Crippen molar-refractivity contribution in [2.24, 2.45) is 0 Å². The van der Waals surface area contributed by atoms with Crippen LogP contribution in [-0.2, 0) is 6.42 Å². The molecule has 0 aliphatic carbocycles. The van der Waals surface area contributed by atoms with E-state index in [0.29, 0.717) is 6.42 Å². The zero-order chi connectivity index (χ0) is 10.1. The number of benzene rings is 1. The first-order valence-electron chi connectivity index (χ1n) is 3.98. The Kier molecular flexibility index (Phi) is 3.00. The number of hydrogen-bond donors (Lipinski definition) is 1. The van der Waals surface area contributed by atoms with Gasteiger partial charge in [-0.1, -0.05) is 0 Å². The number of halogens is 1. The first-order chi connectivity index (χ1) is 6.72. The summed E-state index contributed by atoms with van der Waals surface area (Å²) in [5.41, 5.74) is 1.11. The van der Waals surface area contributed by atoms with Crippen molar-refractivity contribution in [3.8, 4) is 6.07 Å². The summed E-state index contributed by atoms with van der Waals surface area (Å²) in [5, 5.41) is 11.9. The molecule has 0 aliphatic heterocycles. The second-order valence-electron chi connectivity index (χ2n) is 2.90. The molecule has 2 aromatic rings. The van der Waals surface area contributed by atoms with E-state index < -0.39 is 0 Å². The summed E-state index contributed by atoms with van der Waals surface area (Å²) in [7, 11) is 0. The molecule has 0 spiro atoms. The smallest absolute Gasteiger partial charge is 0.0670 e. The molecule has 0 radical (unpaired) electrons. The third kappa shape index (κ3) is 1.76. The van der Waals surface area contributed by atoms with E-state index in [2.05, 4.69) is 47.4 Å². The lowest BCUT2D eigenvalue weighted by molar-refractivity contribution is 1.30. The van der Waals surface area contributed by atoms with Crippen LogP contribution in [0, 0.1) is 14.9 Å². The van der Waals surface area contributed by atoms with Gasteiger partial charge in [0.15, 0.2) is 0 Å². The highest BCUT2D eigenvalue weighted by Gasteiger charge is 2.07. The third-order valence-corrected chi connectivity index (χ3v) is 4.17. The van der Waals surface area contributed by atoms with Gasteiger partial charge in [-0.15, -0.1) is 24.0 Å². The molecule has 1 heterocycles. The fourth-order valence-corrected chi connectivity index (χ4v) is 3.61. The zero-order valence-electron chi connectivity index (χ0n) is 7.12. The minimum Gasteiger partial charge on any atom is -0.198 e.